The van der Waals surface area contributed by atoms with E-state index in [1.165, 1.54) is 0 Å². The fourth-order valence-electron chi connectivity index (χ4n) is 4.35. The first-order valence-corrected chi connectivity index (χ1v) is 11.2. The molecule has 11 nitrogen and oxygen atoms in total. The second kappa shape index (κ2) is 9.72. The summed E-state index contributed by atoms with van der Waals surface area (Å²) in [6, 6.07) is 4.25. The molecule has 4 amide bonds. The average Bonchev–Trinajstić information content (AvgIpc) is 3.13. The Labute approximate surface area is 197 Å². The number of likely N-dealkylation sites (N-methyl/N-ethyl adjacent to an activating group) is 1. The van der Waals surface area contributed by atoms with Gasteiger partial charge in [0.05, 0.1) is 24.1 Å². The first kappa shape index (κ1) is 23.6. The number of anilines is 2. The number of rotatable bonds is 4. The third kappa shape index (κ3) is 4.84. The summed E-state index contributed by atoms with van der Waals surface area (Å²) < 4.78 is 17.1. The van der Waals surface area contributed by atoms with Crippen molar-refractivity contribution in [1.29, 1.82) is 0 Å². The molecule has 2 aliphatic heterocycles. The van der Waals surface area contributed by atoms with Crippen molar-refractivity contribution < 1.29 is 28.4 Å². The minimum atomic E-state index is -0.482. The number of carbonyl (C=O) groups excluding carboxylic acids is 3. The van der Waals surface area contributed by atoms with Gasteiger partial charge < -0.3 is 34.8 Å². The van der Waals surface area contributed by atoms with E-state index in [0.717, 1.165) is 0 Å². The minimum absolute atomic E-state index is 0.0802. The highest BCUT2D eigenvalue weighted by Gasteiger charge is 2.39. The molecule has 0 unspecified atom stereocenters. The van der Waals surface area contributed by atoms with Crippen molar-refractivity contribution in [2.24, 2.45) is 0 Å². The largest absolute Gasteiger partial charge is 0.490 e. The maximum absolute atomic E-state index is 13.3. The van der Waals surface area contributed by atoms with E-state index in [1.807, 2.05) is 0 Å². The Bertz CT molecular complexity index is 1080. The van der Waals surface area contributed by atoms with Crippen LogP contribution >= 0.6 is 0 Å². The van der Waals surface area contributed by atoms with Crippen LogP contribution in [0.2, 0.25) is 0 Å². The molecule has 1 fully saturated rings. The first-order valence-electron chi connectivity index (χ1n) is 11.2. The van der Waals surface area contributed by atoms with Crippen LogP contribution in [0.1, 0.15) is 41.1 Å². The van der Waals surface area contributed by atoms with E-state index in [4.69, 9.17) is 14.0 Å². The van der Waals surface area contributed by atoms with Crippen molar-refractivity contribution in [3.8, 4) is 5.75 Å². The molecule has 0 saturated carbocycles. The van der Waals surface area contributed by atoms with Gasteiger partial charge in [-0.2, -0.15) is 0 Å². The second-order valence-electron chi connectivity index (χ2n) is 8.53. The molecular weight excluding hydrogens is 442 g/mol. The molecule has 0 bridgehead atoms. The van der Waals surface area contributed by atoms with E-state index in [9.17, 15) is 14.4 Å². The Kier molecular flexibility index (Phi) is 6.73. The molecule has 1 aromatic carbocycles. The highest BCUT2D eigenvalue weighted by Crippen LogP contribution is 2.32. The van der Waals surface area contributed by atoms with Crippen molar-refractivity contribution in [1.82, 2.24) is 15.4 Å². The van der Waals surface area contributed by atoms with Crippen LogP contribution in [0.15, 0.2) is 22.7 Å². The van der Waals surface area contributed by atoms with Crippen molar-refractivity contribution in [2.45, 2.75) is 51.4 Å². The van der Waals surface area contributed by atoms with E-state index in [2.05, 4.69) is 21.1 Å². The average molecular weight is 472 g/mol. The van der Waals surface area contributed by atoms with Gasteiger partial charge in [-0.15, -0.1) is 0 Å². The van der Waals surface area contributed by atoms with Crippen molar-refractivity contribution >= 4 is 29.2 Å². The molecule has 3 N–H and O–H groups in total. The molecule has 2 aromatic rings. The molecule has 11 heteroatoms. The van der Waals surface area contributed by atoms with Crippen LogP contribution in [-0.4, -0.2) is 66.9 Å². The van der Waals surface area contributed by atoms with E-state index >= 15 is 0 Å². The standard InChI is InChI=1S/C23H29N5O6/c1-12-21(13(2)34-27-12)26-23(31)25-14-5-8-18-16(9-14)22(30)28(4)17-7-6-15(10-20(29)24-3)33-19(17)11-32-18/h5,8-9,15,17,19H,6-7,10-11H2,1-4H3,(H,24,29)(H2,25,26,31)/t15-,17+,19-/m0/s1. The van der Waals surface area contributed by atoms with Crippen LogP contribution in [0.3, 0.4) is 0 Å². The fourth-order valence-corrected chi connectivity index (χ4v) is 4.35. The highest BCUT2D eigenvalue weighted by atomic mass is 16.5. The number of hydrogen-bond donors (Lipinski definition) is 3. The SMILES string of the molecule is CNC(=O)C[C@@H]1CC[C@@H]2[C@H](COc3ccc(NC(=O)Nc4c(C)noc4C)cc3C(=O)N2C)O1. The summed E-state index contributed by atoms with van der Waals surface area (Å²) in [5, 5.41) is 11.9. The Balaban J connectivity index is 1.48. The normalized spacial score (nSPS) is 21.9. The number of aromatic nitrogens is 1. The lowest BCUT2D eigenvalue weighted by Crippen LogP contribution is -2.53. The van der Waals surface area contributed by atoms with Crippen LogP contribution in [0, 0.1) is 13.8 Å². The molecule has 0 radical (unpaired) electrons. The molecule has 182 valence electrons. The number of ether oxygens (including phenoxy) is 2. The maximum Gasteiger partial charge on any atom is 0.323 e. The Morgan fingerprint density at radius 2 is 2.00 bits per heavy atom. The van der Waals surface area contributed by atoms with Gasteiger partial charge in [-0.25, -0.2) is 4.79 Å². The lowest BCUT2D eigenvalue weighted by Gasteiger charge is -2.42. The Morgan fingerprint density at radius 3 is 2.71 bits per heavy atom. The van der Waals surface area contributed by atoms with Crippen molar-refractivity contribution in [2.75, 3.05) is 31.3 Å². The molecule has 0 aliphatic carbocycles. The zero-order valence-electron chi connectivity index (χ0n) is 19.6. The molecule has 3 atom stereocenters. The third-order valence-corrected chi connectivity index (χ3v) is 6.23. The predicted molar refractivity (Wildman–Crippen MR) is 123 cm³/mol. The lowest BCUT2D eigenvalue weighted by molar-refractivity contribution is -0.133. The molecule has 1 saturated heterocycles. The summed E-state index contributed by atoms with van der Waals surface area (Å²) in [4.78, 5) is 39.2. The molecule has 0 spiro atoms. The summed E-state index contributed by atoms with van der Waals surface area (Å²) in [6.07, 6.45) is 1.09. The zero-order chi connectivity index (χ0) is 24.4. The Morgan fingerprint density at radius 1 is 1.21 bits per heavy atom. The summed E-state index contributed by atoms with van der Waals surface area (Å²) in [7, 11) is 3.33. The monoisotopic (exact) mass is 471 g/mol. The number of urea groups is 1. The van der Waals surface area contributed by atoms with Gasteiger partial charge in [0.1, 0.15) is 29.8 Å². The predicted octanol–water partition coefficient (Wildman–Crippen LogP) is 2.45. The van der Waals surface area contributed by atoms with Crippen LogP contribution < -0.4 is 20.7 Å². The van der Waals surface area contributed by atoms with Crippen molar-refractivity contribution in [3.63, 3.8) is 0 Å². The van der Waals surface area contributed by atoms with Gasteiger partial charge >= 0.3 is 6.03 Å². The number of hydrogen-bond acceptors (Lipinski definition) is 7. The summed E-state index contributed by atoms with van der Waals surface area (Å²) in [5.74, 6) is 0.595. The van der Waals surface area contributed by atoms with Crippen molar-refractivity contribution in [3.05, 3.63) is 35.2 Å². The minimum Gasteiger partial charge on any atom is -0.490 e. The van der Waals surface area contributed by atoms with E-state index in [1.54, 1.807) is 51.0 Å². The van der Waals surface area contributed by atoms with Gasteiger partial charge in [0.25, 0.3) is 5.91 Å². The van der Waals surface area contributed by atoms with Gasteiger partial charge in [-0.05, 0) is 44.9 Å². The van der Waals surface area contributed by atoms with E-state index in [0.29, 0.717) is 47.0 Å². The topological polar surface area (TPSA) is 135 Å². The summed E-state index contributed by atoms with van der Waals surface area (Å²) >= 11 is 0. The first-order chi connectivity index (χ1) is 16.3. The Hall–Kier alpha value is -3.60. The van der Waals surface area contributed by atoms with Gasteiger partial charge in [-0.1, -0.05) is 5.16 Å². The number of nitrogens with zero attached hydrogens (tertiary/aromatic N) is 2. The van der Waals surface area contributed by atoms with E-state index in [-0.39, 0.29) is 43.1 Å². The number of aryl methyl sites for hydroxylation is 2. The van der Waals surface area contributed by atoms with Gasteiger partial charge in [0, 0.05) is 19.8 Å². The second-order valence-corrected chi connectivity index (χ2v) is 8.53. The molecule has 1 aromatic heterocycles. The van der Waals surface area contributed by atoms with Gasteiger partial charge in [-0.3, -0.25) is 9.59 Å². The van der Waals surface area contributed by atoms with Gasteiger partial charge in [0.15, 0.2) is 5.76 Å². The molecular formula is C23H29N5O6. The van der Waals surface area contributed by atoms with Gasteiger partial charge in [0.2, 0.25) is 5.91 Å². The fraction of sp³-hybridized carbons (Fsp3) is 0.478. The number of fused-ring (bicyclic) bond motifs is 2. The molecule has 34 heavy (non-hydrogen) atoms. The lowest BCUT2D eigenvalue weighted by atomic mass is 9.94. The maximum atomic E-state index is 13.3. The molecule has 2 aliphatic rings. The highest BCUT2D eigenvalue weighted by molar-refractivity contribution is 6.03. The molecule has 3 heterocycles. The quantitative estimate of drug-likeness (QED) is 0.623. The van der Waals surface area contributed by atoms with Crippen LogP contribution in [0.25, 0.3) is 0 Å². The number of nitrogens with one attached hydrogen (secondary N) is 3. The third-order valence-electron chi connectivity index (χ3n) is 6.23. The smallest absolute Gasteiger partial charge is 0.323 e. The number of carbonyl (C=O) groups is 3. The van der Waals surface area contributed by atoms with Crippen LogP contribution in [0.5, 0.6) is 5.75 Å². The molecule has 4 rings (SSSR count). The summed E-state index contributed by atoms with van der Waals surface area (Å²) in [5.41, 5.74) is 1.86. The van der Waals surface area contributed by atoms with Crippen LogP contribution in [0.4, 0.5) is 16.2 Å². The van der Waals surface area contributed by atoms with Crippen LogP contribution in [-0.2, 0) is 9.53 Å². The number of benzene rings is 1. The van der Waals surface area contributed by atoms with E-state index < -0.39 is 6.03 Å². The number of amides is 4. The summed E-state index contributed by atoms with van der Waals surface area (Å²) in [6.45, 7) is 3.68. The zero-order valence-corrected chi connectivity index (χ0v) is 19.6.